The minimum absolute atomic E-state index is 0.0728. The summed E-state index contributed by atoms with van der Waals surface area (Å²) in [7, 11) is 0. The molecule has 21 heavy (non-hydrogen) atoms. The average molecular weight is 348 g/mol. The fraction of sp³-hybridized carbons (Fsp3) is 0. The maximum Gasteiger partial charge on any atom is 0.278 e. The SMILES string of the molecule is O=C(N/N=C\c1ccccc1[N+](=O)[O-])c1ccccc1Br. The minimum atomic E-state index is -0.503. The number of hydrogen-bond acceptors (Lipinski definition) is 4. The molecule has 2 aromatic rings. The summed E-state index contributed by atoms with van der Waals surface area (Å²) >= 11 is 3.26. The molecule has 0 bridgehead atoms. The van der Waals surface area contributed by atoms with E-state index in [1.165, 1.54) is 12.3 Å². The van der Waals surface area contributed by atoms with E-state index in [4.69, 9.17) is 0 Å². The molecule has 1 amide bonds. The summed E-state index contributed by atoms with van der Waals surface area (Å²) in [6, 6.07) is 13.0. The highest BCUT2D eigenvalue weighted by molar-refractivity contribution is 9.10. The quantitative estimate of drug-likeness (QED) is 0.523. The highest BCUT2D eigenvalue weighted by Crippen LogP contribution is 2.16. The maximum absolute atomic E-state index is 11.9. The van der Waals surface area contributed by atoms with Crippen LogP contribution >= 0.6 is 15.9 Å². The summed E-state index contributed by atoms with van der Waals surface area (Å²) < 4.78 is 0.642. The molecule has 0 radical (unpaired) electrons. The maximum atomic E-state index is 11.9. The largest absolute Gasteiger partial charge is 0.278 e. The van der Waals surface area contributed by atoms with Crippen LogP contribution in [0.5, 0.6) is 0 Å². The van der Waals surface area contributed by atoms with E-state index in [2.05, 4.69) is 26.5 Å². The standard InChI is InChI=1S/C14H10BrN3O3/c15-12-7-3-2-6-11(12)14(19)17-16-9-10-5-1-4-8-13(10)18(20)21/h1-9H,(H,17,19)/b16-9-. The van der Waals surface area contributed by atoms with Crippen LogP contribution in [0.1, 0.15) is 15.9 Å². The van der Waals surface area contributed by atoms with Gasteiger partial charge in [-0.25, -0.2) is 5.43 Å². The Bertz CT molecular complexity index is 716. The molecule has 0 unspecified atom stereocenters. The number of hydrazone groups is 1. The molecule has 0 heterocycles. The number of nitro groups is 1. The zero-order chi connectivity index (χ0) is 15.2. The van der Waals surface area contributed by atoms with Gasteiger partial charge in [0, 0.05) is 10.5 Å². The summed E-state index contributed by atoms with van der Waals surface area (Å²) in [5.74, 6) is -0.405. The second-order valence-corrected chi connectivity index (χ2v) is 4.85. The van der Waals surface area contributed by atoms with Crippen molar-refractivity contribution in [1.82, 2.24) is 5.43 Å². The number of hydrogen-bond donors (Lipinski definition) is 1. The molecule has 0 atom stereocenters. The number of amides is 1. The van der Waals surface area contributed by atoms with Crippen LogP contribution in [0.15, 0.2) is 58.1 Å². The first-order chi connectivity index (χ1) is 10.1. The van der Waals surface area contributed by atoms with Gasteiger partial charge in [-0.2, -0.15) is 5.10 Å². The van der Waals surface area contributed by atoms with Gasteiger partial charge < -0.3 is 0 Å². The van der Waals surface area contributed by atoms with E-state index < -0.39 is 10.8 Å². The van der Waals surface area contributed by atoms with Crippen molar-refractivity contribution in [2.45, 2.75) is 0 Å². The fourth-order valence-corrected chi connectivity index (χ4v) is 2.09. The number of rotatable bonds is 4. The van der Waals surface area contributed by atoms with E-state index in [9.17, 15) is 14.9 Å². The fourth-order valence-electron chi connectivity index (χ4n) is 1.63. The first-order valence-electron chi connectivity index (χ1n) is 5.91. The van der Waals surface area contributed by atoms with E-state index in [1.54, 1.807) is 42.5 Å². The third-order valence-electron chi connectivity index (χ3n) is 2.62. The van der Waals surface area contributed by atoms with Gasteiger partial charge in [-0.1, -0.05) is 24.3 Å². The molecule has 2 rings (SSSR count). The summed E-state index contributed by atoms with van der Waals surface area (Å²) in [5.41, 5.74) is 3.00. The van der Waals surface area contributed by atoms with Crippen molar-refractivity contribution in [1.29, 1.82) is 0 Å². The van der Waals surface area contributed by atoms with Crippen molar-refractivity contribution in [2.75, 3.05) is 0 Å². The van der Waals surface area contributed by atoms with Gasteiger partial charge in [0.2, 0.25) is 0 Å². The predicted octanol–water partition coefficient (Wildman–Crippen LogP) is 3.12. The van der Waals surface area contributed by atoms with Gasteiger partial charge >= 0.3 is 0 Å². The number of halogens is 1. The van der Waals surface area contributed by atoms with Crippen molar-refractivity contribution in [3.8, 4) is 0 Å². The molecular formula is C14H10BrN3O3. The Morgan fingerprint density at radius 3 is 2.57 bits per heavy atom. The molecule has 6 nitrogen and oxygen atoms in total. The Labute approximate surface area is 128 Å². The zero-order valence-electron chi connectivity index (χ0n) is 10.7. The van der Waals surface area contributed by atoms with Gasteiger partial charge in [0.15, 0.2) is 0 Å². The molecule has 7 heteroatoms. The first kappa shape index (κ1) is 14.9. The number of benzene rings is 2. The molecule has 0 aliphatic carbocycles. The van der Waals surface area contributed by atoms with Crippen LogP contribution in [0.4, 0.5) is 5.69 Å². The minimum Gasteiger partial charge on any atom is -0.267 e. The van der Waals surface area contributed by atoms with Gasteiger partial charge in [-0.05, 0) is 34.1 Å². The third-order valence-corrected chi connectivity index (χ3v) is 3.31. The van der Waals surface area contributed by atoms with Crippen LogP contribution in [-0.2, 0) is 0 Å². The lowest BCUT2D eigenvalue weighted by Gasteiger charge is -2.02. The number of nitrogens with one attached hydrogen (secondary N) is 1. The number of carbonyl (C=O) groups excluding carboxylic acids is 1. The van der Waals surface area contributed by atoms with E-state index in [-0.39, 0.29) is 5.69 Å². The summed E-state index contributed by atoms with van der Waals surface area (Å²) in [4.78, 5) is 22.2. The molecule has 0 aromatic heterocycles. The van der Waals surface area contributed by atoms with Crippen LogP contribution in [0, 0.1) is 10.1 Å². The normalized spacial score (nSPS) is 10.5. The molecule has 0 fully saturated rings. The molecule has 0 spiro atoms. The van der Waals surface area contributed by atoms with Gasteiger partial charge in [-0.3, -0.25) is 14.9 Å². The van der Waals surface area contributed by atoms with Crippen LogP contribution in [0.2, 0.25) is 0 Å². The predicted molar refractivity (Wildman–Crippen MR) is 82.3 cm³/mol. The van der Waals surface area contributed by atoms with E-state index >= 15 is 0 Å². The summed E-state index contributed by atoms with van der Waals surface area (Å²) in [5, 5.41) is 14.6. The number of para-hydroxylation sites is 1. The second-order valence-electron chi connectivity index (χ2n) is 3.99. The molecule has 0 aliphatic heterocycles. The van der Waals surface area contributed by atoms with Gasteiger partial charge in [0.25, 0.3) is 11.6 Å². The molecular weight excluding hydrogens is 338 g/mol. The second kappa shape index (κ2) is 6.76. The molecule has 2 aromatic carbocycles. The zero-order valence-corrected chi connectivity index (χ0v) is 12.3. The van der Waals surface area contributed by atoms with Crippen LogP contribution in [0.25, 0.3) is 0 Å². The topological polar surface area (TPSA) is 84.6 Å². The van der Waals surface area contributed by atoms with Gasteiger partial charge in [0.1, 0.15) is 0 Å². The summed E-state index contributed by atoms with van der Waals surface area (Å²) in [6.07, 6.45) is 1.24. The van der Waals surface area contributed by atoms with Crippen LogP contribution in [-0.4, -0.2) is 17.0 Å². The highest BCUT2D eigenvalue weighted by atomic mass is 79.9. The Balaban J connectivity index is 2.12. The van der Waals surface area contributed by atoms with E-state index in [0.29, 0.717) is 15.6 Å². The smallest absolute Gasteiger partial charge is 0.267 e. The van der Waals surface area contributed by atoms with Crippen LogP contribution < -0.4 is 5.43 Å². The van der Waals surface area contributed by atoms with Crippen molar-refractivity contribution >= 4 is 33.7 Å². The number of nitro benzene ring substituents is 1. The summed E-state index contributed by atoms with van der Waals surface area (Å²) in [6.45, 7) is 0. The lowest BCUT2D eigenvalue weighted by Crippen LogP contribution is -2.18. The van der Waals surface area contributed by atoms with E-state index in [1.807, 2.05) is 0 Å². The lowest BCUT2D eigenvalue weighted by atomic mass is 10.2. The average Bonchev–Trinajstić information content (AvgIpc) is 2.48. The Morgan fingerprint density at radius 2 is 1.86 bits per heavy atom. The molecule has 106 valence electrons. The molecule has 1 N–H and O–H groups in total. The Hall–Kier alpha value is -2.54. The number of nitrogens with zero attached hydrogens (tertiary/aromatic N) is 2. The highest BCUT2D eigenvalue weighted by Gasteiger charge is 2.11. The number of carbonyl (C=O) groups is 1. The first-order valence-corrected chi connectivity index (χ1v) is 6.70. The Kier molecular flexibility index (Phi) is 4.78. The van der Waals surface area contributed by atoms with Crippen molar-refractivity contribution < 1.29 is 9.72 Å². The van der Waals surface area contributed by atoms with Gasteiger partial charge in [0.05, 0.1) is 22.3 Å². The van der Waals surface area contributed by atoms with Crippen molar-refractivity contribution in [3.05, 3.63) is 74.2 Å². The van der Waals surface area contributed by atoms with Crippen LogP contribution in [0.3, 0.4) is 0 Å². The third kappa shape index (κ3) is 3.73. The molecule has 0 aliphatic rings. The molecule has 0 saturated heterocycles. The molecule has 0 saturated carbocycles. The Morgan fingerprint density at radius 1 is 1.19 bits per heavy atom. The monoisotopic (exact) mass is 347 g/mol. The lowest BCUT2D eigenvalue weighted by molar-refractivity contribution is -0.385. The van der Waals surface area contributed by atoms with Gasteiger partial charge in [-0.15, -0.1) is 0 Å². The van der Waals surface area contributed by atoms with E-state index in [0.717, 1.165) is 0 Å². The van der Waals surface area contributed by atoms with Crippen molar-refractivity contribution in [2.24, 2.45) is 5.10 Å². The van der Waals surface area contributed by atoms with Crippen molar-refractivity contribution in [3.63, 3.8) is 0 Å².